The summed E-state index contributed by atoms with van der Waals surface area (Å²) < 4.78 is 11.3. The van der Waals surface area contributed by atoms with Gasteiger partial charge >= 0.3 is 0 Å². The largest absolute Gasteiger partial charge is 0.379 e. The SMILES string of the molecule is O=C(NCC(c1ccc(Cl)cc1)N1CCOCC1)c1ccccc1SCC1CCCO1. The van der Waals surface area contributed by atoms with Crippen LogP contribution in [0, 0.1) is 0 Å². The predicted molar refractivity (Wildman–Crippen MR) is 125 cm³/mol. The van der Waals surface area contributed by atoms with Gasteiger partial charge in [0.1, 0.15) is 0 Å². The Balaban J connectivity index is 1.43. The lowest BCUT2D eigenvalue weighted by molar-refractivity contribution is 0.0162. The van der Waals surface area contributed by atoms with E-state index in [0.29, 0.717) is 24.8 Å². The molecule has 2 aromatic rings. The zero-order valence-electron chi connectivity index (χ0n) is 17.6. The summed E-state index contributed by atoms with van der Waals surface area (Å²) in [6.45, 7) is 4.49. The average Bonchev–Trinajstić information content (AvgIpc) is 3.33. The third kappa shape index (κ3) is 6.24. The van der Waals surface area contributed by atoms with Crippen LogP contribution in [0.3, 0.4) is 0 Å². The number of halogens is 1. The van der Waals surface area contributed by atoms with E-state index in [-0.39, 0.29) is 18.1 Å². The summed E-state index contributed by atoms with van der Waals surface area (Å²) >= 11 is 7.79. The number of morpholine rings is 1. The van der Waals surface area contributed by atoms with Gasteiger partial charge in [-0.1, -0.05) is 35.9 Å². The molecule has 2 fully saturated rings. The van der Waals surface area contributed by atoms with Crippen LogP contribution >= 0.6 is 23.4 Å². The Morgan fingerprint density at radius 3 is 2.65 bits per heavy atom. The molecule has 4 rings (SSSR count). The molecule has 2 heterocycles. The minimum Gasteiger partial charge on any atom is -0.379 e. The van der Waals surface area contributed by atoms with Gasteiger partial charge < -0.3 is 14.8 Å². The molecule has 7 heteroatoms. The van der Waals surface area contributed by atoms with Gasteiger partial charge in [0.2, 0.25) is 0 Å². The fraction of sp³-hybridized carbons (Fsp3) is 0.458. The molecular weight excluding hydrogens is 432 g/mol. The standard InChI is InChI=1S/C24H29ClN2O3S/c25-19-9-7-18(8-10-19)22(27-11-14-29-15-12-27)16-26-24(28)21-5-1-2-6-23(21)31-17-20-4-3-13-30-20/h1-2,5-10,20,22H,3-4,11-17H2,(H,26,28). The van der Waals surface area contributed by atoms with E-state index < -0.39 is 0 Å². The predicted octanol–water partition coefficient (Wildman–Crippen LogP) is 4.41. The summed E-state index contributed by atoms with van der Waals surface area (Å²) in [4.78, 5) is 16.5. The van der Waals surface area contributed by atoms with E-state index in [9.17, 15) is 4.79 Å². The molecule has 2 atom stereocenters. The van der Waals surface area contributed by atoms with Crippen LogP contribution in [0.4, 0.5) is 0 Å². The maximum atomic E-state index is 13.1. The van der Waals surface area contributed by atoms with Gasteiger partial charge in [-0.2, -0.15) is 0 Å². The molecule has 2 aliphatic heterocycles. The van der Waals surface area contributed by atoms with Crippen molar-refractivity contribution in [3.63, 3.8) is 0 Å². The van der Waals surface area contributed by atoms with Crippen molar-refractivity contribution < 1.29 is 14.3 Å². The van der Waals surface area contributed by atoms with Crippen molar-refractivity contribution in [3.8, 4) is 0 Å². The number of thioether (sulfide) groups is 1. The molecule has 1 amide bonds. The van der Waals surface area contributed by atoms with Crippen molar-refractivity contribution >= 4 is 29.3 Å². The van der Waals surface area contributed by atoms with Crippen LogP contribution in [-0.2, 0) is 9.47 Å². The Hall–Kier alpha value is -1.57. The second-order valence-corrected chi connectivity index (χ2v) is 9.37. The number of nitrogens with zero attached hydrogens (tertiary/aromatic N) is 1. The van der Waals surface area contributed by atoms with E-state index in [1.54, 1.807) is 11.8 Å². The molecule has 0 aliphatic carbocycles. The summed E-state index contributed by atoms with van der Waals surface area (Å²) in [5.74, 6) is 0.841. The topological polar surface area (TPSA) is 50.8 Å². The van der Waals surface area contributed by atoms with Gasteiger partial charge in [0.05, 0.1) is 30.9 Å². The summed E-state index contributed by atoms with van der Waals surface area (Å²) in [5.41, 5.74) is 1.87. The maximum Gasteiger partial charge on any atom is 0.252 e. The number of hydrogen-bond donors (Lipinski definition) is 1. The zero-order chi connectivity index (χ0) is 21.5. The van der Waals surface area contributed by atoms with Gasteiger partial charge in [-0.25, -0.2) is 0 Å². The quantitative estimate of drug-likeness (QED) is 0.591. The smallest absolute Gasteiger partial charge is 0.252 e. The van der Waals surface area contributed by atoms with Crippen molar-refractivity contribution in [1.29, 1.82) is 0 Å². The fourth-order valence-electron chi connectivity index (χ4n) is 4.06. The zero-order valence-corrected chi connectivity index (χ0v) is 19.2. The molecule has 0 saturated carbocycles. The van der Waals surface area contributed by atoms with Crippen molar-refractivity contribution in [2.75, 3.05) is 45.2 Å². The Bertz CT molecular complexity index is 852. The van der Waals surface area contributed by atoms with E-state index in [1.165, 1.54) is 0 Å². The molecule has 0 bridgehead atoms. The second kappa shape index (κ2) is 11.3. The molecule has 5 nitrogen and oxygen atoms in total. The highest BCUT2D eigenvalue weighted by Crippen LogP contribution is 2.27. The first-order valence-electron chi connectivity index (χ1n) is 10.9. The van der Waals surface area contributed by atoms with Gasteiger partial charge in [0.15, 0.2) is 0 Å². The lowest BCUT2D eigenvalue weighted by atomic mass is 10.0. The average molecular weight is 461 g/mol. The number of benzene rings is 2. The number of ether oxygens (including phenoxy) is 2. The van der Waals surface area contributed by atoms with Gasteiger partial charge in [-0.3, -0.25) is 9.69 Å². The monoisotopic (exact) mass is 460 g/mol. The Morgan fingerprint density at radius 1 is 1.13 bits per heavy atom. The van der Waals surface area contributed by atoms with Crippen LogP contribution in [0.15, 0.2) is 53.4 Å². The van der Waals surface area contributed by atoms with Gasteiger partial charge in [-0.15, -0.1) is 11.8 Å². The fourth-order valence-corrected chi connectivity index (χ4v) is 5.30. The second-order valence-electron chi connectivity index (χ2n) is 7.87. The van der Waals surface area contributed by atoms with Gasteiger partial charge in [-0.05, 0) is 42.7 Å². The van der Waals surface area contributed by atoms with Crippen LogP contribution in [0.25, 0.3) is 0 Å². The highest BCUT2D eigenvalue weighted by molar-refractivity contribution is 7.99. The highest BCUT2D eigenvalue weighted by atomic mass is 35.5. The highest BCUT2D eigenvalue weighted by Gasteiger charge is 2.24. The molecule has 1 N–H and O–H groups in total. The number of hydrogen-bond acceptors (Lipinski definition) is 5. The lowest BCUT2D eigenvalue weighted by Gasteiger charge is -2.35. The van der Waals surface area contributed by atoms with Crippen molar-refractivity contribution in [1.82, 2.24) is 10.2 Å². The molecule has 0 spiro atoms. The van der Waals surface area contributed by atoms with Crippen LogP contribution in [-0.4, -0.2) is 62.1 Å². The summed E-state index contributed by atoms with van der Waals surface area (Å²) in [6, 6.07) is 15.8. The number of nitrogens with one attached hydrogen (secondary N) is 1. The van der Waals surface area contributed by atoms with Crippen molar-refractivity contribution in [2.45, 2.75) is 29.9 Å². The third-order valence-corrected chi connectivity index (χ3v) is 7.24. The summed E-state index contributed by atoms with van der Waals surface area (Å²) in [7, 11) is 0. The summed E-state index contributed by atoms with van der Waals surface area (Å²) in [5, 5.41) is 3.89. The minimum absolute atomic E-state index is 0.0392. The first-order valence-corrected chi connectivity index (χ1v) is 12.3. The van der Waals surface area contributed by atoms with Crippen LogP contribution in [0.2, 0.25) is 5.02 Å². The summed E-state index contributed by atoms with van der Waals surface area (Å²) in [6.07, 6.45) is 2.52. The van der Waals surface area contributed by atoms with Crippen LogP contribution in [0.1, 0.15) is 34.8 Å². The molecule has 166 valence electrons. The van der Waals surface area contributed by atoms with Crippen molar-refractivity contribution in [2.24, 2.45) is 0 Å². The normalized spacial score (nSPS) is 20.5. The molecule has 2 aliphatic rings. The minimum atomic E-state index is -0.0392. The lowest BCUT2D eigenvalue weighted by Crippen LogP contribution is -2.43. The first kappa shape index (κ1) is 22.6. The van der Waals surface area contributed by atoms with Crippen LogP contribution in [0.5, 0.6) is 0 Å². The Kier molecular flexibility index (Phi) is 8.27. The van der Waals surface area contributed by atoms with E-state index in [1.807, 2.05) is 48.5 Å². The van der Waals surface area contributed by atoms with Gasteiger partial charge in [0.25, 0.3) is 5.91 Å². The van der Waals surface area contributed by atoms with E-state index >= 15 is 0 Å². The number of rotatable bonds is 8. The molecular formula is C24H29ClN2O3S. The number of amides is 1. The molecule has 2 saturated heterocycles. The molecule has 31 heavy (non-hydrogen) atoms. The van der Waals surface area contributed by atoms with Crippen molar-refractivity contribution in [3.05, 3.63) is 64.7 Å². The number of carbonyl (C=O) groups excluding carboxylic acids is 1. The Morgan fingerprint density at radius 2 is 1.90 bits per heavy atom. The third-order valence-electron chi connectivity index (χ3n) is 5.78. The van der Waals surface area contributed by atoms with E-state index in [2.05, 4.69) is 10.2 Å². The number of carbonyl (C=O) groups is 1. The Labute approximate surface area is 193 Å². The van der Waals surface area contributed by atoms with E-state index in [4.69, 9.17) is 21.1 Å². The van der Waals surface area contributed by atoms with E-state index in [0.717, 1.165) is 54.3 Å². The molecule has 0 radical (unpaired) electrons. The molecule has 2 unspecified atom stereocenters. The molecule has 0 aromatic heterocycles. The van der Waals surface area contributed by atoms with Gasteiger partial charge in [0, 0.05) is 41.9 Å². The van der Waals surface area contributed by atoms with Crippen LogP contribution < -0.4 is 5.32 Å². The molecule has 2 aromatic carbocycles. The maximum absolute atomic E-state index is 13.1. The first-order chi connectivity index (χ1) is 15.2.